The van der Waals surface area contributed by atoms with Crippen LogP contribution in [0, 0.1) is 6.92 Å². The third-order valence-electron chi connectivity index (χ3n) is 20.2. The summed E-state index contributed by atoms with van der Waals surface area (Å²) >= 11 is 0. The first kappa shape index (κ1) is 47.1. The Kier molecular flexibility index (Phi) is 10.3. The van der Waals surface area contributed by atoms with Crippen LogP contribution in [0.25, 0.3) is 44.2 Å². The molecule has 9 aromatic rings. The van der Waals surface area contributed by atoms with E-state index in [4.69, 9.17) is 0 Å². The first-order chi connectivity index (χ1) is 36.7. The van der Waals surface area contributed by atoms with Gasteiger partial charge in [-0.2, -0.15) is 13.2 Å². The molecule has 5 heteroatoms. The van der Waals surface area contributed by atoms with Crippen LogP contribution in [0.1, 0.15) is 124 Å². The molecule has 2 heterocycles. The van der Waals surface area contributed by atoms with Gasteiger partial charge in [0.05, 0.1) is 22.1 Å². The van der Waals surface area contributed by atoms with E-state index in [1.54, 1.807) is 12.1 Å². The topological polar surface area (TPSA) is 6.48 Å². The minimum Gasteiger partial charge on any atom is -0.334 e. The van der Waals surface area contributed by atoms with E-state index in [1.165, 1.54) is 108 Å². The van der Waals surface area contributed by atoms with Gasteiger partial charge < -0.3 is 9.80 Å². The van der Waals surface area contributed by atoms with Gasteiger partial charge in [-0.3, -0.25) is 0 Å². The number of benzene rings is 9. The van der Waals surface area contributed by atoms with E-state index < -0.39 is 17.2 Å². The Bertz CT molecular complexity index is 3750. The molecule has 5 aliphatic rings. The van der Waals surface area contributed by atoms with Crippen molar-refractivity contribution in [1.82, 2.24) is 0 Å². The van der Waals surface area contributed by atoms with Crippen molar-refractivity contribution in [3.63, 3.8) is 0 Å². The minimum atomic E-state index is -4.39. The molecular weight excluding hydrogens is 938 g/mol. The quantitative estimate of drug-likeness (QED) is 0.164. The SMILES string of the molecule is Cc1ccc(N2c3ccc(-c4cc5c(c6ccccc46)-c4ccc(-c6ccc7c(c6)C6(C)CCCCC6(C)N7c6ccc(C(F)(F)F)cc6)cc4C5(c4ccccc4)c4ccccc4)cc3C3(C)CCCCC23C)cc1. The van der Waals surface area contributed by atoms with Gasteiger partial charge in [0.2, 0.25) is 0 Å². The lowest BCUT2D eigenvalue weighted by molar-refractivity contribution is -0.137. The van der Waals surface area contributed by atoms with Crippen LogP contribution in [0.5, 0.6) is 0 Å². The summed E-state index contributed by atoms with van der Waals surface area (Å²) in [6, 6.07) is 70.4. The van der Waals surface area contributed by atoms with Crippen molar-refractivity contribution in [2.24, 2.45) is 0 Å². The fourth-order valence-corrected chi connectivity index (χ4v) is 15.9. The maximum atomic E-state index is 13.9. The largest absolute Gasteiger partial charge is 0.416 e. The molecule has 2 nitrogen and oxygen atoms in total. The minimum absolute atomic E-state index is 0.0381. The molecule has 4 unspecified atom stereocenters. The van der Waals surface area contributed by atoms with Crippen LogP contribution in [0.15, 0.2) is 194 Å². The summed E-state index contributed by atoms with van der Waals surface area (Å²) in [5.74, 6) is 0. The Hall–Kier alpha value is -7.37. The maximum absolute atomic E-state index is 13.9. The molecule has 378 valence electrons. The number of aryl methyl sites for hydroxylation is 1. The molecular formula is C71H63F3N2. The van der Waals surface area contributed by atoms with E-state index in [0.717, 1.165) is 61.0 Å². The second-order valence-electron chi connectivity index (χ2n) is 23.8. The molecule has 0 spiro atoms. The monoisotopic (exact) mass is 1000 g/mol. The summed E-state index contributed by atoms with van der Waals surface area (Å²) in [4.78, 5) is 5.04. The molecule has 2 saturated carbocycles. The smallest absolute Gasteiger partial charge is 0.334 e. The molecule has 76 heavy (non-hydrogen) atoms. The van der Waals surface area contributed by atoms with E-state index in [1.807, 2.05) is 0 Å². The molecule has 0 N–H and O–H groups in total. The average Bonchev–Trinajstić information content (AvgIpc) is 4.18. The summed E-state index contributed by atoms with van der Waals surface area (Å²) in [6.45, 7) is 12.0. The zero-order chi connectivity index (χ0) is 52.0. The van der Waals surface area contributed by atoms with Crippen molar-refractivity contribution < 1.29 is 13.2 Å². The molecule has 0 saturated heterocycles. The molecule has 4 atom stereocenters. The van der Waals surface area contributed by atoms with Crippen LogP contribution in [0.3, 0.4) is 0 Å². The number of alkyl halides is 3. The van der Waals surface area contributed by atoms with Crippen LogP contribution in [0.2, 0.25) is 0 Å². The molecule has 2 aliphatic heterocycles. The highest BCUT2D eigenvalue weighted by molar-refractivity contribution is 6.10. The predicted octanol–water partition coefficient (Wildman–Crippen LogP) is 19.3. The molecule has 0 radical (unpaired) electrons. The summed E-state index contributed by atoms with van der Waals surface area (Å²) < 4.78 is 41.6. The van der Waals surface area contributed by atoms with Crippen LogP contribution >= 0.6 is 0 Å². The summed E-state index contributed by atoms with van der Waals surface area (Å²) in [5.41, 5.74) is 18.8. The van der Waals surface area contributed by atoms with Crippen molar-refractivity contribution in [2.75, 3.05) is 9.80 Å². The Balaban J connectivity index is 0.972. The van der Waals surface area contributed by atoms with Crippen molar-refractivity contribution in [3.05, 3.63) is 239 Å². The van der Waals surface area contributed by atoms with Gasteiger partial charge in [-0.05, 0) is 197 Å². The highest BCUT2D eigenvalue weighted by atomic mass is 19.4. The lowest BCUT2D eigenvalue weighted by Gasteiger charge is -2.50. The molecule has 0 amide bonds. The summed E-state index contributed by atoms with van der Waals surface area (Å²) in [6.07, 6.45) is 4.49. The van der Waals surface area contributed by atoms with Crippen LogP contribution in [-0.2, 0) is 22.4 Å². The van der Waals surface area contributed by atoms with E-state index in [-0.39, 0.29) is 21.9 Å². The van der Waals surface area contributed by atoms with Crippen molar-refractivity contribution in [1.29, 1.82) is 0 Å². The summed E-state index contributed by atoms with van der Waals surface area (Å²) in [5, 5.41) is 2.50. The number of nitrogens with zero attached hydrogens (tertiary/aromatic N) is 2. The van der Waals surface area contributed by atoms with Gasteiger partial charge in [0.25, 0.3) is 0 Å². The second-order valence-corrected chi connectivity index (χ2v) is 23.8. The highest BCUT2D eigenvalue weighted by Crippen LogP contribution is 2.65. The van der Waals surface area contributed by atoms with E-state index in [0.29, 0.717) is 0 Å². The van der Waals surface area contributed by atoms with Gasteiger partial charge in [0, 0.05) is 33.6 Å². The second kappa shape index (κ2) is 16.6. The van der Waals surface area contributed by atoms with Crippen LogP contribution < -0.4 is 9.80 Å². The maximum Gasteiger partial charge on any atom is 0.416 e. The number of rotatable bonds is 6. The first-order valence-electron chi connectivity index (χ1n) is 27.7. The van der Waals surface area contributed by atoms with Gasteiger partial charge >= 0.3 is 6.18 Å². The van der Waals surface area contributed by atoms with Gasteiger partial charge in [0.15, 0.2) is 0 Å². The van der Waals surface area contributed by atoms with Gasteiger partial charge in [-0.25, -0.2) is 0 Å². The van der Waals surface area contributed by atoms with Crippen LogP contribution in [0.4, 0.5) is 35.9 Å². The number of halogens is 3. The van der Waals surface area contributed by atoms with Gasteiger partial charge in [-0.1, -0.05) is 166 Å². The lowest BCUT2D eigenvalue weighted by Crippen LogP contribution is -2.54. The Morgan fingerprint density at radius 2 is 0.868 bits per heavy atom. The highest BCUT2D eigenvalue weighted by Gasteiger charge is 2.59. The van der Waals surface area contributed by atoms with Crippen molar-refractivity contribution >= 4 is 33.5 Å². The Labute approximate surface area is 445 Å². The number of hydrogen-bond donors (Lipinski definition) is 0. The van der Waals surface area contributed by atoms with Crippen LogP contribution in [-0.4, -0.2) is 11.1 Å². The number of hydrogen-bond acceptors (Lipinski definition) is 2. The molecule has 2 fully saturated rings. The van der Waals surface area contributed by atoms with Gasteiger partial charge in [-0.15, -0.1) is 0 Å². The fourth-order valence-electron chi connectivity index (χ4n) is 15.9. The molecule has 3 aliphatic carbocycles. The number of fused-ring (bicyclic) bond motifs is 11. The predicted molar refractivity (Wildman–Crippen MR) is 307 cm³/mol. The third kappa shape index (κ3) is 6.35. The van der Waals surface area contributed by atoms with E-state index >= 15 is 0 Å². The molecule has 0 bridgehead atoms. The lowest BCUT2D eigenvalue weighted by atomic mass is 9.61. The van der Waals surface area contributed by atoms with Crippen molar-refractivity contribution in [2.45, 2.75) is 119 Å². The Morgan fingerprint density at radius 1 is 0.408 bits per heavy atom. The first-order valence-corrected chi connectivity index (χ1v) is 27.7. The van der Waals surface area contributed by atoms with E-state index in [9.17, 15) is 13.2 Å². The molecule has 9 aromatic carbocycles. The molecule has 0 aromatic heterocycles. The van der Waals surface area contributed by atoms with E-state index in [2.05, 4.69) is 214 Å². The van der Waals surface area contributed by atoms with Gasteiger partial charge in [0.1, 0.15) is 0 Å². The standard InChI is InChI=1S/C71H63F3N2/c1-46-24-31-53(32-25-46)75-64-37-28-49(44-61(64)67(3)39-15-17-41-69(67,75)5)58-45-62-65(56-23-13-12-22-55(56)58)57-35-26-47(42-59(57)70(62,50-18-8-6-9-19-50)51-20-10-7-11-21-51)48-27-36-63-60(43-48)66(2)38-14-16-40-68(66,4)76(63)54-33-29-52(30-34-54)71(72,73)74/h6-13,18-37,42-45H,14-17,38-41H2,1-5H3. The molecule has 14 rings (SSSR count). The zero-order valence-corrected chi connectivity index (χ0v) is 44.2. The average molecular weight is 1000 g/mol. The Morgan fingerprint density at radius 3 is 1.42 bits per heavy atom. The zero-order valence-electron chi connectivity index (χ0n) is 44.2. The van der Waals surface area contributed by atoms with Crippen molar-refractivity contribution in [3.8, 4) is 33.4 Å². The normalized spacial score (nSPS) is 23.9. The third-order valence-corrected chi connectivity index (χ3v) is 20.2. The number of anilines is 4. The fraction of sp³-hybridized carbons (Fsp3) is 0.268. The summed E-state index contributed by atoms with van der Waals surface area (Å²) in [7, 11) is 0.